The molecule has 5 N–H and O–H groups in total. The van der Waals surface area contributed by atoms with Gasteiger partial charge in [-0.2, -0.15) is 4.98 Å². The molecule has 0 bridgehead atoms. The lowest BCUT2D eigenvalue weighted by Crippen LogP contribution is -2.29. The second-order valence-electron chi connectivity index (χ2n) is 5.31. The highest BCUT2D eigenvalue weighted by molar-refractivity contribution is 7.16. The lowest BCUT2D eigenvalue weighted by atomic mass is 9.98. The number of nitrogen functional groups attached to an aromatic ring is 1. The van der Waals surface area contributed by atoms with E-state index in [-0.39, 0.29) is 22.9 Å². The Bertz CT molecular complexity index is 810. The minimum Gasteiger partial charge on any atom is -0.394 e. The van der Waals surface area contributed by atoms with Gasteiger partial charge in [-0.1, -0.05) is 11.3 Å². The number of aliphatic hydroxyl groups excluding tert-OH is 2. The third kappa shape index (κ3) is 2.33. The Morgan fingerprint density at radius 3 is 2.95 bits per heavy atom. The molecule has 0 radical (unpaired) electrons. The van der Waals surface area contributed by atoms with Crippen LogP contribution in [0.5, 0.6) is 0 Å². The van der Waals surface area contributed by atoms with Crippen molar-refractivity contribution in [2.24, 2.45) is 5.92 Å². The van der Waals surface area contributed by atoms with Crippen LogP contribution in [0.25, 0.3) is 10.3 Å². The monoisotopic (exact) mass is 328 g/mol. The predicted molar refractivity (Wildman–Crippen MR) is 79.7 cm³/mol. The highest BCUT2D eigenvalue weighted by Crippen LogP contribution is 2.37. The molecule has 0 saturated carbocycles. The van der Waals surface area contributed by atoms with Gasteiger partial charge in [0.05, 0.1) is 18.8 Å². The normalized spacial score (nSPS) is 26.6. The zero-order chi connectivity index (χ0) is 16.0. The Balaban J connectivity index is 2.19. The molecule has 4 unspecified atom stereocenters. The molecule has 3 heterocycles. The largest absolute Gasteiger partial charge is 0.394 e. The fourth-order valence-corrected chi connectivity index (χ4v) is 3.59. The summed E-state index contributed by atoms with van der Waals surface area (Å²) in [6.45, 7) is 1.38. The average molecular weight is 328 g/mol. The molecule has 1 aliphatic heterocycles. The van der Waals surface area contributed by atoms with Crippen LogP contribution in [0.15, 0.2) is 9.59 Å². The lowest BCUT2D eigenvalue weighted by Gasteiger charge is -2.21. The summed E-state index contributed by atoms with van der Waals surface area (Å²) in [7, 11) is 0. The second-order valence-corrected chi connectivity index (χ2v) is 6.27. The van der Waals surface area contributed by atoms with Crippen LogP contribution in [0.2, 0.25) is 0 Å². The predicted octanol–water partition coefficient (Wildman–Crippen LogP) is -0.995. The minimum absolute atomic E-state index is 0.102. The zero-order valence-electron chi connectivity index (χ0n) is 11.7. The molecule has 1 aliphatic rings. The smallest absolute Gasteiger partial charge is 0.311 e. The van der Waals surface area contributed by atoms with Crippen molar-refractivity contribution in [3.05, 3.63) is 20.0 Å². The lowest BCUT2D eigenvalue weighted by molar-refractivity contribution is -0.0467. The number of aliphatic hydroxyl groups is 2. The van der Waals surface area contributed by atoms with Gasteiger partial charge in [0.1, 0.15) is 10.9 Å². The molecule has 4 atom stereocenters. The summed E-state index contributed by atoms with van der Waals surface area (Å²) in [6.07, 6.45) is -1.62. The van der Waals surface area contributed by atoms with Crippen molar-refractivity contribution < 1.29 is 14.9 Å². The van der Waals surface area contributed by atoms with Gasteiger partial charge in [-0.15, -0.1) is 0 Å². The van der Waals surface area contributed by atoms with Crippen molar-refractivity contribution in [2.45, 2.75) is 31.8 Å². The molecule has 9 nitrogen and oxygen atoms in total. The second kappa shape index (κ2) is 5.47. The van der Waals surface area contributed by atoms with Crippen LogP contribution in [-0.4, -0.2) is 43.6 Å². The van der Waals surface area contributed by atoms with Gasteiger partial charge in [0.25, 0.3) is 5.56 Å². The SMILES string of the molecule is CC(O)C1CC(CO)OC1n1c(=O)sc2c(=O)[nH]c(N)nc21. The van der Waals surface area contributed by atoms with Crippen molar-refractivity contribution in [3.63, 3.8) is 0 Å². The molecule has 0 aromatic carbocycles. The number of ether oxygens (including phenoxy) is 1. The number of rotatable bonds is 3. The first-order chi connectivity index (χ1) is 10.4. The summed E-state index contributed by atoms with van der Waals surface area (Å²) < 4.78 is 7.05. The maximum Gasteiger partial charge on any atom is 0.311 e. The maximum atomic E-state index is 12.3. The molecule has 0 amide bonds. The first-order valence-corrected chi connectivity index (χ1v) is 7.59. The van der Waals surface area contributed by atoms with E-state index in [0.717, 1.165) is 11.3 Å². The Kier molecular flexibility index (Phi) is 3.77. The van der Waals surface area contributed by atoms with E-state index >= 15 is 0 Å². The van der Waals surface area contributed by atoms with Gasteiger partial charge >= 0.3 is 4.87 Å². The summed E-state index contributed by atoms with van der Waals surface area (Å²) in [4.78, 5) is 30.1. The van der Waals surface area contributed by atoms with Crippen LogP contribution in [-0.2, 0) is 4.74 Å². The molecular weight excluding hydrogens is 312 g/mol. The van der Waals surface area contributed by atoms with Crippen molar-refractivity contribution in [2.75, 3.05) is 12.3 Å². The van der Waals surface area contributed by atoms with E-state index in [1.807, 2.05) is 0 Å². The van der Waals surface area contributed by atoms with Gasteiger partial charge in [-0.05, 0) is 13.3 Å². The number of nitrogens with two attached hydrogens (primary N) is 1. The number of H-pyrrole nitrogens is 1. The van der Waals surface area contributed by atoms with E-state index in [9.17, 15) is 19.8 Å². The molecule has 10 heteroatoms. The number of anilines is 1. The highest BCUT2D eigenvalue weighted by Gasteiger charge is 2.40. The zero-order valence-corrected chi connectivity index (χ0v) is 12.5. The van der Waals surface area contributed by atoms with E-state index in [1.165, 1.54) is 4.57 Å². The quantitative estimate of drug-likeness (QED) is 0.566. The summed E-state index contributed by atoms with van der Waals surface area (Å²) in [5.74, 6) is -0.496. The molecular formula is C12H16N4O5S. The first-order valence-electron chi connectivity index (χ1n) is 6.77. The van der Waals surface area contributed by atoms with E-state index < -0.39 is 34.8 Å². The van der Waals surface area contributed by atoms with Crippen LogP contribution in [0.4, 0.5) is 5.95 Å². The third-order valence-electron chi connectivity index (χ3n) is 3.80. The minimum atomic E-state index is -0.799. The van der Waals surface area contributed by atoms with Crippen molar-refractivity contribution in [3.8, 4) is 0 Å². The molecule has 0 spiro atoms. The Hall–Kier alpha value is -1.75. The van der Waals surface area contributed by atoms with Crippen LogP contribution in [0.1, 0.15) is 19.6 Å². The fraction of sp³-hybridized carbons (Fsp3) is 0.583. The van der Waals surface area contributed by atoms with Crippen LogP contribution >= 0.6 is 11.3 Å². The number of hydrogen-bond donors (Lipinski definition) is 4. The van der Waals surface area contributed by atoms with E-state index in [4.69, 9.17) is 10.5 Å². The van der Waals surface area contributed by atoms with Gasteiger partial charge in [-0.25, -0.2) is 0 Å². The van der Waals surface area contributed by atoms with Crippen LogP contribution in [0.3, 0.4) is 0 Å². The number of hydrogen-bond acceptors (Lipinski definition) is 8. The van der Waals surface area contributed by atoms with Gasteiger partial charge in [0.2, 0.25) is 5.95 Å². The van der Waals surface area contributed by atoms with Gasteiger partial charge in [0.15, 0.2) is 5.65 Å². The fourth-order valence-electron chi connectivity index (χ4n) is 2.75. The number of nitrogens with zero attached hydrogens (tertiary/aromatic N) is 2. The Labute approximate surface area is 128 Å². The molecule has 3 rings (SSSR count). The molecule has 1 saturated heterocycles. The summed E-state index contributed by atoms with van der Waals surface area (Å²) in [5.41, 5.74) is 5.18. The standard InChI is InChI=1S/C12H16N4O5S/c1-4(18)6-2-5(3-17)21-10(6)16-8-7(22-12(16)20)9(19)15-11(13)14-8/h4-6,10,17-18H,2-3H2,1H3,(H3,13,14,15,19). The number of aromatic amines is 1. The number of aromatic nitrogens is 3. The Morgan fingerprint density at radius 1 is 1.59 bits per heavy atom. The highest BCUT2D eigenvalue weighted by atomic mass is 32.1. The van der Waals surface area contributed by atoms with Gasteiger partial charge in [0, 0.05) is 5.92 Å². The third-order valence-corrected chi connectivity index (χ3v) is 4.75. The molecule has 0 aliphatic carbocycles. The summed E-state index contributed by atoms with van der Waals surface area (Å²) in [5, 5.41) is 19.2. The van der Waals surface area contributed by atoms with E-state index in [1.54, 1.807) is 6.92 Å². The average Bonchev–Trinajstić information content (AvgIpc) is 2.99. The van der Waals surface area contributed by atoms with Crippen molar-refractivity contribution in [1.29, 1.82) is 0 Å². The number of thiazole rings is 1. The molecule has 2 aromatic heterocycles. The number of nitrogens with one attached hydrogen (secondary N) is 1. The molecule has 1 fully saturated rings. The van der Waals surface area contributed by atoms with Gasteiger partial charge in [-0.3, -0.25) is 19.1 Å². The van der Waals surface area contributed by atoms with E-state index in [2.05, 4.69) is 9.97 Å². The molecule has 22 heavy (non-hydrogen) atoms. The molecule has 2 aromatic rings. The Morgan fingerprint density at radius 2 is 2.32 bits per heavy atom. The van der Waals surface area contributed by atoms with Crippen LogP contribution < -0.4 is 16.2 Å². The van der Waals surface area contributed by atoms with Gasteiger partial charge < -0.3 is 20.7 Å². The van der Waals surface area contributed by atoms with E-state index in [0.29, 0.717) is 6.42 Å². The van der Waals surface area contributed by atoms with Crippen molar-refractivity contribution in [1.82, 2.24) is 14.5 Å². The first kappa shape index (κ1) is 15.2. The van der Waals surface area contributed by atoms with Crippen LogP contribution in [0, 0.1) is 5.92 Å². The molecule has 120 valence electrons. The summed E-state index contributed by atoms with van der Waals surface area (Å²) in [6, 6.07) is 0. The topological polar surface area (TPSA) is 143 Å². The maximum absolute atomic E-state index is 12.3. The summed E-state index contributed by atoms with van der Waals surface area (Å²) >= 11 is 0.745. The number of fused-ring (bicyclic) bond motifs is 1. The van der Waals surface area contributed by atoms with Crippen molar-refractivity contribution >= 4 is 27.6 Å².